The third-order valence-electron chi connectivity index (χ3n) is 4.47. The van der Waals surface area contributed by atoms with Crippen molar-refractivity contribution in [1.29, 1.82) is 0 Å². The van der Waals surface area contributed by atoms with Crippen LogP contribution in [0.3, 0.4) is 0 Å². The number of halogens is 2. The van der Waals surface area contributed by atoms with Crippen molar-refractivity contribution < 1.29 is 18.4 Å². The molecule has 3 rings (SSSR count). The molecular formula is C19H23F2N3O2S. The summed E-state index contributed by atoms with van der Waals surface area (Å²) in [4.78, 5) is 30.8. The number of nitrogens with zero attached hydrogens (tertiary/aromatic N) is 2. The van der Waals surface area contributed by atoms with E-state index in [-0.39, 0.29) is 33.8 Å². The number of thiazole rings is 1. The molecule has 5 nitrogen and oxygen atoms in total. The molecule has 1 aliphatic rings. The van der Waals surface area contributed by atoms with E-state index in [0.29, 0.717) is 30.6 Å². The van der Waals surface area contributed by atoms with Crippen molar-refractivity contribution in [2.45, 2.75) is 40.0 Å². The molecule has 0 saturated carbocycles. The summed E-state index contributed by atoms with van der Waals surface area (Å²) in [5, 5.41) is 2.93. The number of fused-ring (bicyclic) bond motifs is 1. The minimum absolute atomic E-state index is 0.0438. The number of piperidine rings is 1. The van der Waals surface area contributed by atoms with Crippen molar-refractivity contribution in [3.05, 3.63) is 23.8 Å². The highest BCUT2D eigenvalue weighted by molar-refractivity contribution is 7.22. The minimum atomic E-state index is -0.752. The highest BCUT2D eigenvalue weighted by Gasteiger charge is 2.30. The molecule has 1 aromatic carbocycles. The largest absolute Gasteiger partial charge is 0.342 e. The summed E-state index contributed by atoms with van der Waals surface area (Å²) < 4.78 is 27.4. The van der Waals surface area contributed by atoms with E-state index >= 15 is 0 Å². The lowest BCUT2D eigenvalue weighted by Crippen LogP contribution is -2.44. The highest BCUT2D eigenvalue weighted by Crippen LogP contribution is 2.30. The van der Waals surface area contributed by atoms with Gasteiger partial charge in [-0.05, 0) is 24.3 Å². The minimum Gasteiger partial charge on any atom is -0.342 e. The van der Waals surface area contributed by atoms with Gasteiger partial charge in [-0.2, -0.15) is 0 Å². The van der Waals surface area contributed by atoms with E-state index in [4.69, 9.17) is 0 Å². The average Bonchev–Trinajstić information content (AvgIpc) is 2.96. The Morgan fingerprint density at radius 3 is 2.78 bits per heavy atom. The summed E-state index contributed by atoms with van der Waals surface area (Å²) in [6.45, 7) is 7.05. The van der Waals surface area contributed by atoms with Crippen LogP contribution in [0.2, 0.25) is 0 Å². The summed E-state index contributed by atoms with van der Waals surface area (Å²) in [5.74, 6) is -1.96. The Hall–Kier alpha value is -2.09. The molecule has 0 bridgehead atoms. The number of carbonyl (C=O) groups excluding carboxylic acids is 2. The first-order chi connectivity index (χ1) is 12.6. The number of likely N-dealkylation sites (tertiary alicyclic amines) is 1. The summed E-state index contributed by atoms with van der Waals surface area (Å²) >= 11 is 1.03. The maximum absolute atomic E-state index is 13.8. The number of aromatic nitrogens is 1. The quantitative estimate of drug-likeness (QED) is 0.848. The van der Waals surface area contributed by atoms with Gasteiger partial charge in [-0.3, -0.25) is 9.59 Å². The molecule has 146 valence electrons. The van der Waals surface area contributed by atoms with E-state index in [1.54, 1.807) is 4.90 Å². The molecule has 2 heterocycles. The second kappa shape index (κ2) is 7.50. The molecule has 1 unspecified atom stereocenters. The lowest BCUT2D eigenvalue weighted by atomic mass is 9.90. The predicted molar refractivity (Wildman–Crippen MR) is 102 cm³/mol. The van der Waals surface area contributed by atoms with Crippen LogP contribution >= 0.6 is 11.3 Å². The molecule has 0 aliphatic carbocycles. The molecular weight excluding hydrogens is 372 g/mol. The van der Waals surface area contributed by atoms with Crippen molar-refractivity contribution in [2.24, 2.45) is 11.3 Å². The number of hydrogen-bond donors (Lipinski definition) is 1. The molecule has 0 radical (unpaired) electrons. The van der Waals surface area contributed by atoms with Crippen LogP contribution in [0.25, 0.3) is 10.2 Å². The highest BCUT2D eigenvalue weighted by atomic mass is 32.1. The third kappa shape index (κ3) is 4.80. The van der Waals surface area contributed by atoms with Gasteiger partial charge in [0.25, 0.3) is 0 Å². The summed E-state index contributed by atoms with van der Waals surface area (Å²) in [6, 6.07) is 1.97. The predicted octanol–water partition coefficient (Wildman–Crippen LogP) is 4.19. The van der Waals surface area contributed by atoms with Crippen molar-refractivity contribution in [2.75, 3.05) is 18.4 Å². The lowest BCUT2D eigenvalue weighted by Gasteiger charge is -2.33. The average molecular weight is 395 g/mol. The molecule has 1 atom stereocenters. The number of carbonyl (C=O) groups is 2. The maximum Gasteiger partial charge on any atom is 0.231 e. The Kier molecular flexibility index (Phi) is 5.46. The lowest BCUT2D eigenvalue weighted by molar-refractivity contribution is -0.136. The van der Waals surface area contributed by atoms with Crippen molar-refractivity contribution in [3.63, 3.8) is 0 Å². The van der Waals surface area contributed by atoms with Crippen molar-refractivity contribution in [3.8, 4) is 0 Å². The number of nitrogens with one attached hydrogen (secondary N) is 1. The van der Waals surface area contributed by atoms with Crippen LogP contribution in [0.5, 0.6) is 0 Å². The standard InChI is InChI=1S/C19H23F2N3O2S/c1-19(2,3)9-15(25)24-6-4-5-11(10-24)17(26)23-18-22-16-13(21)7-12(20)8-14(16)27-18/h7-8,11H,4-6,9-10H2,1-3H3,(H,22,23,26). The second-order valence-electron chi connectivity index (χ2n) is 8.16. The Morgan fingerprint density at radius 1 is 1.33 bits per heavy atom. The first kappa shape index (κ1) is 19.7. The third-order valence-corrected chi connectivity index (χ3v) is 5.39. The molecule has 27 heavy (non-hydrogen) atoms. The van der Waals surface area contributed by atoms with Gasteiger partial charge in [0.15, 0.2) is 10.9 Å². The Labute approximate surface area is 160 Å². The van der Waals surface area contributed by atoms with Gasteiger partial charge in [-0.15, -0.1) is 0 Å². The number of anilines is 1. The van der Waals surface area contributed by atoms with Crippen LogP contribution in [0.4, 0.5) is 13.9 Å². The van der Waals surface area contributed by atoms with Gasteiger partial charge in [-0.1, -0.05) is 32.1 Å². The zero-order valence-electron chi connectivity index (χ0n) is 15.6. The van der Waals surface area contributed by atoms with Crippen LogP contribution in [0, 0.1) is 23.0 Å². The molecule has 1 N–H and O–H groups in total. The monoisotopic (exact) mass is 395 g/mol. The van der Waals surface area contributed by atoms with E-state index < -0.39 is 11.6 Å². The van der Waals surface area contributed by atoms with Crippen LogP contribution in [-0.4, -0.2) is 34.8 Å². The van der Waals surface area contributed by atoms with E-state index in [1.165, 1.54) is 6.07 Å². The molecule has 1 aromatic heterocycles. The zero-order chi connectivity index (χ0) is 19.8. The Balaban J connectivity index is 1.67. The zero-order valence-corrected chi connectivity index (χ0v) is 16.5. The van der Waals surface area contributed by atoms with Gasteiger partial charge in [0.1, 0.15) is 11.3 Å². The van der Waals surface area contributed by atoms with Gasteiger partial charge in [0.05, 0.1) is 10.6 Å². The first-order valence-electron chi connectivity index (χ1n) is 8.96. The van der Waals surface area contributed by atoms with Gasteiger partial charge < -0.3 is 10.2 Å². The topological polar surface area (TPSA) is 62.3 Å². The van der Waals surface area contributed by atoms with Gasteiger partial charge >= 0.3 is 0 Å². The SMILES string of the molecule is CC(C)(C)CC(=O)N1CCCC(C(=O)Nc2nc3c(F)cc(F)cc3s2)C1. The number of hydrogen-bond acceptors (Lipinski definition) is 4. The smallest absolute Gasteiger partial charge is 0.231 e. The van der Waals surface area contributed by atoms with Gasteiger partial charge in [-0.25, -0.2) is 13.8 Å². The normalized spacial score (nSPS) is 18.0. The summed E-state index contributed by atoms with van der Waals surface area (Å²) in [5.41, 5.74) is -0.0607. The van der Waals surface area contributed by atoms with Crippen molar-refractivity contribution >= 4 is 38.5 Å². The molecule has 1 fully saturated rings. The van der Waals surface area contributed by atoms with Gasteiger partial charge in [0.2, 0.25) is 11.8 Å². The molecule has 0 spiro atoms. The van der Waals surface area contributed by atoms with Gasteiger partial charge in [0, 0.05) is 25.6 Å². The molecule has 2 aromatic rings. The van der Waals surface area contributed by atoms with E-state index in [2.05, 4.69) is 10.3 Å². The number of benzene rings is 1. The Bertz CT molecular complexity index is 876. The fourth-order valence-corrected chi connectivity index (χ4v) is 4.11. The van der Waals surface area contributed by atoms with Crippen LogP contribution in [0.1, 0.15) is 40.0 Å². The fourth-order valence-electron chi connectivity index (χ4n) is 3.20. The van der Waals surface area contributed by atoms with Crippen molar-refractivity contribution in [1.82, 2.24) is 9.88 Å². The molecule has 2 amide bonds. The molecule has 8 heteroatoms. The van der Waals surface area contributed by atoms with Crippen LogP contribution in [0.15, 0.2) is 12.1 Å². The summed E-state index contributed by atoms with van der Waals surface area (Å²) in [6.07, 6.45) is 1.87. The van der Waals surface area contributed by atoms with E-state index in [0.717, 1.165) is 23.8 Å². The van der Waals surface area contributed by atoms with E-state index in [9.17, 15) is 18.4 Å². The second-order valence-corrected chi connectivity index (χ2v) is 9.19. The van der Waals surface area contributed by atoms with Crippen LogP contribution in [-0.2, 0) is 9.59 Å². The Morgan fingerprint density at radius 2 is 2.07 bits per heavy atom. The number of rotatable bonds is 3. The maximum atomic E-state index is 13.8. The summed E-state index contributed by atoms with van der Waals surface area (Å²) in [7, 11) is 0. The first-order valence-corrected chi connectivity index (χ1v) is 9.78. The van der Waals surface area contributed by atoms with E-state index in [1.807, 2.05) is 20.8 Å². The molecule has 1 saturated heterocycles. The number of amides is 2. The fraction of sp³-hybridized carbons (Fsp3) is 0.526. The van der Waals surface area contributed by atoms with Crippen LogP contribution < -0.4 is 5.32 Å². The molecule has 1 aliphatic heterocycles.